The first-order chi connectivity index (χ1) is 29.2. The van der Waals surface area contributed by atoms with Gasteiger partial charge in [-0.05, 0) is 6.42 Å². The van der Waals surface area contributed by atoms with Gasteiger partial charge in [0.1, 0.15) is 18.8 Å². The van der Waals surface area contributed by atoms with Crippen LogP contribution in [0.3, 0.4) is 0 Å². The monoisotopic (exact) mass is 870 g/mol. The Morgan fingerprint density at radius 1 is 0.738 bits per heavy atom. The second-order valence-electron chi connectivity index (χ2n) is 14.8. The molecule has 0 aromatic rings. The number of carbonyl (C=O) groups is 7. The number of rotatable bonds is 33. The highest BCUT2D eigenvalue weighted by Gasteiger charge is 2.59. The number of terminal acetylenes is 1. The molecule has 0 unspecified atom stereocenters. The third kappa shape index (κ3) is 24.1. The van der Waals surface area contributed by atoms with E-state index < -0.39 is 91.6 Å². The third-order valence-electron chi connectivity index (χ3n) is 9.54. The van der Waals surface area contributed by atoms with E-state index in [1.807, 2.05) is 0 Å². The predicted molar refractivity (Wildman–Crippen MR) is 219 cm³/mol. The topological polar surface area (TPSA) is 227 Å². The van der Waals surface area contributed by atoms with E-state index in [-0.39, 0.29) is 45.4 Å². The number of ether oxygens (including phenoxy) is 9. The molecule has 0 spiro atoms. The molecule has 18 nitrogen and oxygen atoms in total. The molecule has 0 bridgehead atoms. The fraction of sp³-hybridized carbons (Fsp3) is 0.791. The number of nitrogens with one attached hydrogen (secondary N) is 2. The molecule has 2 amide bonds. The molecule has 0 saturated carbocycles. The van der Waals surface area contributed by atoms with E-state index in [4.69, 9.17) is 49.1 Å². The van der Waals surface area contributed by atoms with Crippen LogP contribution < -0.4 is 10.6 Å². The average Bonchev–Trinajstić information content (AvgIpc) is 3.20. The largest absolute Gasteiger partial charge is 0.465 e. The van der Waals surface area contributed by atoms with Gasteiger partial charge < -0.3 is 53.3 Å². The lowest BCUT2D eigenvalue weighted by Gasteiger charge is -2.48. The third-order valence-corrected chi connectivity index (χ3v) is 9.54. The molecule has 18 heteroatoms. The van der Waals surface area contributed by atoms with Crippen LogP contribution in [-0.4, -0.2) is 131 Å². The van der Waals surface area contributed by atoms with Crippen LogP contribution >= 0.6 is 0 Å². The second kappa shape index (κ2) is 32.4. The Morgan fingerprint density at radius 3 is 1.85 bits per heavy atom. The first kappa shape index (κ1) is 54.7. The molecular formula is C43H70N2O16. The van der Waals surface area contributed by atoms with Crippen LogP contribution in [0, 0.1) is 12.3 Å². The first-order valence-corrected chi connectivity index (χ1v) is 21.4. The van der Waals surface area contributed by atoms with Crippen molar-refractivity contribution in [2.45, 2.75) is 167 Å². The normalized spacial score (nSPS) is 19.3. The Balaban J connectivity index is 3.32. The summed E-state index contributed by atoms with van der Waals surface area (Å²) in [4.78, 5) is 89.1. The van der Waals surface area contributed by atoms with Crippen LogP contribution in [0.2, 0.25) is 0 Å². The molecule has 1 rings (SSSR count). The van der Waals surface area contributed by atoms with Crippen molar-refractivity contribution in [3.8, 4) is 12.3 Å². The molecule has 2 N–H and O–H groups in total. The molecule has 1 fully saturated rings. The summed E-state index contributed by atoms with van der Waals surface area (Å²) in [6.45, 7) is 5.34. The Labute approximate surface area is 360 Å². The maximum atomic E-state index is 13.6. The molecule has 1 heterocycles. The van der Waals surface area contributed by atoms with E-state index in [2.05, 4.69) is 23.5 Å². The van der Waals surface area contributed by atoms with Crippen molar-refractivity contribution in [1.82, 2.24) is 10.6 Å². The molecular weight excluding hydrogens is 800 g/mol. The van der Waals surface area contributed by atoms with Crippen molar-refractivity contribution in [2.24, 2.45) is 0 Å². The highest BCUT2D eigenvalue weighted by atomic mass is 16.7. The van der Waals surface area contributed by atoms with E-state index >= 15 is 0 Å². The van der Waals surface area contributed by atoms with Crippen LogP contribution in [0.5, 0.6) is 0 Å². The lowest BCUT2D eigenvalue weighted by molar-refractivity contribution is -0.315. The summed E-state index contributed by atoms with van der Waals surface area (Å²) in [6, 6.07) is -1.47. The Kier molecular flexibility index (Phi) is 29.1. The molecule has 348 valence electrons. The number of carbonyl (C=O) groups excluding carboxylic acids is 7. The van der Waals surface area contributed by atoms with E-state index in [0.29, 0.717) is 6.42 Å². The van der Waals surface area contributed by atoms with Gasteiger partial charge in [-0.1, -0.05) is 89.9 Å². The van der Waals surface area contributed by atoms with Crippen LogP contribution in [0.25, 0.3) is 0 Å². The van der Waals surface area contributed by atoms with Crippen molar-refractivity contribution in [3.05, 3.63) is 0 Å². The minimum absolute atomic E-state index is 0.0810. The van der Waals surface area contributed by atoms with Crippen molar-refractivity contribution < 1.29 is 76.2 Å². The second-order valence-corrected chi connectivity index (χ2v) is 14.8. The number of amides is 2. The van der Waals surface area contributed by atoms with Gasteiger partial charge in [-0.25, -0.2) is 4.79 Å². The standard InChI is InChI=1S/C43H70N2O16/c1-8-10-11-12-13-14-15-16-17-18-19-20-21-22-37(50)44-29-36(59-33(5)48)40(60-34(6)49)41-39(45-38(51)30-56-31(3)46)35(58-32(4)47)28-43(61-41,42(52)53-7)57-27-26-55-25-24-54-23-9-2/h2,35-36,39-41H,8,10-30H2,1,3-7H3,(H,44,50)(H,45,51)/t35-,36+,39+,40+,41+,43+/m0/s1. The maximum Gasteiger partial charge on any atom is 0.366 e. The van der Waals surface area contributed by atoms with Gasteiger partial charge in [-0.2, -0.15) is 0 Å². The number of esters is 5. The van der Waals surface area contributed by atoms with Crippen molar-refractivity contribution >= 4 is 41.7 Å². The fourth-order valence-electron chi connectivity index (χ4n) is 6.76. The van der Waals surface area contributed by atoms with Gasteiger partial charge in [0, 0.05) is 34.1 Å². The summed E-state index contributed by atoms with van der Waals surface area (Å²) in [5, 5.41) is 5.30. The molecule has 1 saturated heterocycles. The van der Waals surface area contributed by atoms with Crippen LogP contribution in [0.1, 0.15) is 131 Å². The molecule has 6 atom stereocenters. The average molecular weight is 871 g/mol. The number of hydrogen-bond acceptors (Lipinski definition) is 16. The molecule has 0 aromatic heterocycles. The highest BCUT2D eigenvalue weighted by Crippen LogP contribution is 2.37. The summed E-state index contributed by atoms with van der Waals surface area (Å²) < 4.78 is 49.8. The number of methoxy groups -OCH3 is 1. The minimum Gasteiger partial charge on any atom is -0.465 e. The van der Waals surface area contributed by atoms with Gasteiger partial charge in [0.25, 0.3) is 11.7 Å². The highest BCUT2D eigenvalue weighted by molar-refractivity contribution is 5.81. The Morgan fingerprint density at radius 2 is 1.31 bits per heavy atom. The van der Waals surface area contributed by atoms with Gasteiger partial charge in [0.15, 0.2) is 18.8 Å². The zero-order valence-corrected chi connectivity index (χ0v) is 37.1. The zero-order valence-electron chi connectivity index (χ0n) is 37.1. The van der Waals surface area contributed by atoms with Gasteiger partial charge in [-0.15, -0.1) is 6.42 Å². The van der Waals surface area contributed by atoms with Crippen LogP contribution in [0.4, 0.5) is 0 Å². The smallest absolute Gasteiger partial charge is 0.366 e. The predicted octanol–water partition coefficient (Wildman–Crippen LogP) is 3.77. The molecule has 0 aromatic carbocycles. The SMILES string of the molecule is C#CCOCCOCCO[C@]1(C(=O)OC)C[C@H](OC(C)=O)[C@@H](NC(=O)COC(C)=O)[C@H]([C@H](OC(C)=O)[C@@H](CNC(=O)CCCCCCCCCCCCCCC)OC(C)=O)O1. The first-order valence-electron chi connectivity index (χ1n) is 21.4. The maximum absolute atomic E-state index is 13.6. The number of unbranched alkanes of at least 4 members (excludes halogenated alkanes) is 12. The minimum atomic E-state index is -2.39. The van der Waals surface area contributed by atoms with Gasteiger partial charge in [-0.3, -0.25) is 28.8 Å². The van der Waals surface area contributed by atoms with Crippen LogP contribution in [0.15, 0.2) is 0 Å². The Bertz CT molecular complexity index is 1390. The van der Waals surface area contributed by atoms with Gasteiger partial charge in [0.05, 0.1) is 52.5 Å². The van der Waals surface area contributed by atoms with E-state index in [1.54, 1.807) is 0 Å². The Hall–Kier alpha value is -4.31. The van der Waals surface area contributed by atoms with E-state index in [9.17, 15) is 33.6 Å². The van der Waals surface area contributed by atoms with Crippen molar-refractivity contribution in [2.75, 3.05) is 53.3 Å². The summed E-state index contributed by atoms with van der Waals surface area (Å²) in [5.41, 5.74) is 0. The van der Waals surface area contributed by atoms with Crippen molar-refractivity contribution in [1.29, 1.82) is 0 Å². The zero-order chi connectivity index (χ0) is 45.5. The lowest BCUT2D eigenvalue weighted by Crippen LogP contribution is -2.70. The van der Waals surface area contributed by atoms with Gasteiger partial charge >= 0.3 is 29.8 Å². The molecule has 1 aliphatic heterocycles. The lowest BCUT2D eigenvalue weighted by atomic mass is 9.87. The number of hydrogen-bond donors (Lipinski definition) is 2. The molecule has 1 aliphatic rings. The van der Waals surface area contributed by atoms with Gasteiger partial charge in [0.2, 0.25) is 5.91 Å². The fourth-order valence-corrected chi connectivity index (χ4v) is 6.76. The van der Waals surface area contributed by atoms with E-state index in [1.165, 1.54) is 51.4 Å². The molecule has 61 heavy (non-hydrogen) atoms. The molecule has 0 aliphatic carbocycles. The molecule has 0 radical (unpaired) electrons. The summed E-state index contributed by atoms with van der Waals surface area (Å²) in [5.74, 6) is -5.79. The van der Waals surface area contributed by atoms with Crippen molar-refractivity contribution in [3.63, 3.8) is 0 Å². The quantitative estimate of drug-likeness (QED) is 0.0414. The summed E-state index contributed by atoms with van der Waals surface area (Å²) in [7, 11) is 1.05. The van der Waals surface area contributed by atoms with Crippen LogP contribution in [-0.2, 0) is 76.2 Å². The van der Waals surface area contributed by atoms with E-state index in [0.717, 1.165) is 60.5 Å². The summed E-state index contributed by atoms with van der Waals surface area (Å²) >= 11 is 0. The summed E-state index contributed by atoms with van der Waals surface area (Å²) in [6.07, 6.45) is 13.2.